The Kier molecular flexibility index (Phi) is 5.55. The van der Waals surface area contributed by atoms with Gasteiger partial charge in [-0.2, -0.15) is 4.68 Å². The van der Waals surface area contributed by atoms with Crippen LogP contribution < -0.4 is 0 Å². The maximum absolute atomic E-state index is 14.7. The molecule has 1 aromatic carbocycles. The summed E-state index contributed by atoms with van der Waals surface area (Å²) in [5.41, 5.74) is 0.463. The van der Waals surface area contributed by atoms with Crippen molar-refractivity contribution in [2.45, 2.75) is 30.3 Å². The van der Waals surface area contributed by atoms with Crippen LogP contribution in [0.15, 0.2) is 29.4 Å². The highest BCUT2D eigenvalue weighted by Gasteiger charge is 2.44. The predicted molar refractivity (Wildman–Crippen MR) is 104 cm³/mol. The smallest absolute Gasteiger partial charge is 0.409 e. The van der Waals surface area contributed by atoms with Crippen LogP contribution in [0.5, 0.6) is 0 Å². The first kappa shape index (κ1) is 19.8. The molecule has 29 heavy (non-hydrogen) atoms. The molecule has 0 radical (unpaired) electrons. The average molecular weight is 419 g/mol. The Morgan fingerprint density at radius 3 is 2.69 bits per heavy atom. The van der Waals surface area contributed by atoms with Crippen LogP contribution >= 0.6 is 11.8 Å². The fourth-order valence-electron chi connectivity index (χ4n) is 3.76. The van der Waals surface area contributed by atoms with Crippen LogP contribution in [-0.4, -0.2) is 74.6 Å². The molecule has 2 atom stereocenters. The Bertz CT molecular complexity index is 928. The number of aromatic nitrogens is 3. The highest BCUT2D eigenvalue weighted by molar-refractivity contribution is 8.00. The third kappa shape index (κ3) is 3.74. The molecule has 0 N–H and O–H groups in total. The molecule has 0 saturated carbocycles. The molecule has 3 heterocycles. The first-order valence-corrected chi connectivity index (χ1v) is 10.4. The number of fused-ring (bicyclic) bond motifs is 1. The topological polar surface area (TPSA) is 80.6 Å². The minimum absolute atomic E-state index is 0.202. The van der Waals surface area contributed by atoms with Gasteiger partial charge in [-0.25, -0.2) is 14.2 Å². The van der Waals surface area contributed by atoms with Crippen LogP contribution in [0.3, 0.4) is 0 Å². The number of nitrogens with zero attached hydrogens (tertiary/aromatic N) is 5. The molecule has 1 amide bonds. The van der Waals surface area contributed by atoms with Crippen molar-refractivity contribution in [3.05, 3.63) is 41.5 Å². The van der Waals surface area contributed by atoms with Crippen LogP contribution in [0.25, 0.3) is 0 Å². The number of carbonyl (C=O) groups excluding carboxylic acids is 2. The summed E-state index contributed by atoms with van der Waals surface area (Å²) in [7, 11) is 0. The maximum Gasteiger partial charge on any atom is 0.409 e. The maximum atomic E-state index is 14.7. The van der Waals surface area contributed by atoms with Crippen molar-refractivity contribution in [1.82, 2.24) is 24.6 Å². The number of ether oxygens (including phenoxy) is 1. The van der Waals surface area contributed by atoms with Crippen molar-refractivity contribution in [3.63, 3.8) is 0 Å². The van der Waals surface area contributed by atoms with Crippen molar-refractivity contribution in [2.24, 2.45) is 0 Å². The Hall–Kier alpha value is -2.46. The lowest BCUT2D eigenvalue weighted by Gasteiger charge is -2.40. The van der Waals surface area contributed by atoms with Gasteiger partial charge in [-0.1, -0.05) is 30.0 Å². The van der Waals surface area contributed by atoms with Crippen molar-refractivity contribution in [3.8, 4) is 0 Å². The Labute approximate surface area is 172 Å². The molecule has 2 aliphatic rings. The van der Waals surface area contributed by atoms with E-state index in [1.165, 1.54) is 22.5 Å². The van der Waals surface area contributed by atoms with E-state index in [1.807, 2.05) is 0 Å². The van der Waals surface area contributed by atoms with Gasteiger partial charge in [0.15, 0.2) is 5.16 Å². The zero-order valence-electron chi connectivity index (χ0n) is 16.2. The number of benzene rings is 1. The molecule has 2 aromatic rings. The largest absolute Gasteiger partial charge is 0.450 e. The van der Waals surface area contributed by atoms with E-state index < -0.39 is 11.3 Å². The van der Waals surface area contributed by atoms with Gasteiger partial charge in [-0.15, -0.1) is 5.10 Å². The highest BCUT2D eigenvalue weighted by atomic mass is 32.2. The number of carbonyl (C=O) groups is 2. The van der Waals surface area contributed by atoms with E-state index in [0.717, 1.165) is 0 Å². The van der Waals surface area contributed by atoms with E-state index in [-0.39, 0.29) is 17.8 Å². The summed E-state index contributed by atoms with van der Waals surface area (Å²) < 4.78 is 21.1. The number of piperazine rings is 1. The summed E-state index contributed by atoms with van der Waals surface area (Å²) >= 11 is 1.31. The van der Waals surface area contributed by atoms with Crippen molar-refractivity contribution < 1.29 is 18.7 Å². The van der Waals surface area contributed by atoms with Gasteiger partial charge in [0, 0.05) is 31.7 Å². The lowest BCUT2D eigenvalue weighted by molar-refractivity contribution is 0.0594. The van der Waals surface area contributed by atoms with Gasteiger partial charge in [0.25, 0.3) is 5.91 Å². The molecule has 0 aliphatic carbocycles. The van der Waals surface area contributed by atoms with E-state index in [1.54, 1.807) is 36.9 Å². The highest BCUT2D eigenvalue weighted by Crippen LogP contribution is 2.41. The van der Waals surface area contributed by atoms with Crippen LogP contribution in [-0.2, 0) is 4.74 Å². The van der Waals surface area contributed by atoms with Gasteiger partial charge in [-0.05, 0) is 19.9 Å². The lowest BCUT2D eigenvalue weighted by Crippen LogP contribution is -2.52. The standard InChI is InChI=1S/C19H22FN5O3S/c1-3-28-19(27)24-10-8-23(9-11-24)15(13-6-4-5-7-14(13)20)16-17(26)25-18(29-16)21-12(2)22-25/h4-7,15-16H,3,8-11H2,1-2H3. The molecule has 10 heteroatoms. The molecule has 4 rings (SSSR count). The first-order chi connectivity index (χ1) is 14.0. The molecular formula is C19H22FN5O3S. The van der Waals surface area contributed by atoms with Gasteiger partial charge in [0.1, 0.15) is 16.9 Å². The van der Waals surface area contributed by atoms with Crippen LogP contribution in [0.1, 0.15) is 29.1 Å². The minimum atomic E-state index is -0.559. The molecule has 1 aromatic heterocycles. The predicted octanol–water partition coefficient (Wildman–Crippen LogP) is 2.36. The third-order valence-electron chi connectivity index (χ3n) is 5.11. The number of hydrogen-bond acceptors (Lipinski definition) is 7. The van der Waals surface area contributed by atoms with Gasteiger partial charge in [0.2, 0.25) is 0 Å². The van der Waals surface area contributed by atoms with Crippen LogP contribution in [0.2, 0.25) is 0 Å². The Morgan fingerprint density at radius 2 is 2.03 bits per heavy atom. The molecule has 8 nitrogen and oxygen atoms in total. The zero-order valence-corrected chi connectivity index (χ0v) is 17.1. The fourth-order valence-corrected chi connectivity index (χ4v) is 5.05. The molecule has 2 aliphatic heterocycles. The molecule has 154 valence electrons. The Morgan fingerprint density at radius 1 is 1.31 bits per heavy atom. The average Bonchev–Trinajstić information content (AvgIpc) is 3.22. The summed E-state index contributed by atoms with van der Waals surface area (Å²) in [5, 5.41) is 4.15. The van der Waals surface area contributed by atoms with E-state index >= 15 is 0 Å². The van der Waals surface area contributed by atoms with E-state index in [4.69, 9.17) is 4.74 Å². The molecule has 2 unspecified atom stereocenters. The van der Waals surface area contributed by atoms with Crippen molar-refractivity contribution >= 4 is 23.8 Å². The monoisotopic (exact) mass is 419 g/mol. The van der Waals surface area contributed by atoms with E-state index in [2.05, 4.69) is 15.0 Å². The summed E-state index contributed by atoms with van der Waals surface area (Å²) in [4.78, 5) is 33.0. The van der Waals surface area contributed by atoms with Gasteiger partial charge in [0.05, 0.1) is 12.6 Å². The normalized spacial score (nSPS) is 20.6. The second-order valence-electron chi connectivity index (χ2n) is 6.92. The first-order valence-electron chi connectivity index (χ1n) is 9.54. The fraction of sp³-hybridized carbons (Fsp3) is 0.474. The summed E-state index contributed by atoms with van der Waals surface area (Å²) in [6.45, 7) is 5.76. The summed E-state index contributed by atoms with van der Waals surface area (Å²) in [6.07, 6.45) is -0.347. The summed E-state index contributed by atoms with van der Waals surface area (Å²) in [5.74, 6) is -0.0242. The number of halogens is 1. The van der Waals surface area contributed by atoms with Crippen LogP contribution in [0, 0.1) is 12.7 Å². The quantitative estimate of drug-likeness (QED) is 0.753. The number of hydrogen-bond donors (Lipinski definition) is 0. The third-order valence-corrected chi connectivity index (χ3v) is 6.30. The number of amides is 1. The number of thioether (sulfide) groups is 1. The second-order valence-corrected chi connectivity index (χ2v) is 8.03. The van der Waals surface area contributed by atoms with E-state index in [0.29, 0.717) is 49.3 Å². The minimum Gasteiger partial charge on any atom is -0.450 e. The van der Waals surface area contributed by atoms with Gasteiger partial charge < -0.3 is 9.64 Å². The zero-order chi connectivity index (χ0) is 20.5. The molecule has 0 spiro atoms. The number of aryl methyl sites for hydroxylation is 1. The van der Waals surface area contributed by atoms with E-state index in [9.17, 15) is 14.0 Å². The number of rotatable bonds is 4. The molecule has 0 bridgehead atoms. The summed E-state index contributed by atoms with van der Waals surface area (Å²) in [6, 6.07) is 6.04. The second kappa shape index (κ2) is 8.11. The van der Waals surface area contributed by atoms with Crippen LogP contribution in [0.4, 0.5) is 9.18 Å². The molecule has 1 saturated heterocycles. The van der Waals surface area contributed by atoms with Gasteiger partial charge >= 0.3 is 6.09 Å². The molecular weight excluding hydrogens is 397 g/mol. The SMILES string of the molecule is CCOC(=O)N1CCN(C(c2ccccc2F)C2Sc3nc(C)nn3C2=O)CC1. The molecule has 1 fully saturated rings. The lowest BCUT2D eigenvalue weighted by atomic mass is 9.99. The Balaban J connectivity index is 1.60. The van der Waals surface area contributed by atoms with Crippen molar-refractivity contribution in [1.29, 1.82) is 0 Å². The van der Waals surface area contributed by atoms with Crippen molar-refractivity contribution in [2.75, 3.05) is 32.8 Å². The van der Waals surface area contributed by atoms with Gasteiger partial charge in [-0.3, -0.25) is 9.69 Å².